The topological polar surface area (TPSA) is 133 Å². The van der Waals surface area contributed by atoms with E-state index in [0.29, 0.717) is 17.3 Å². The standard InChI is InChI=1S/C20H20N6O3/c1-12-10-16(26(25-12)17-8-9-22-13(2)23-17)20(29)24-15(18(27)19(21)28)11-14-6-4-3-5-7-14/h3-10,15H,11H2,1-2H3,(H2,21,28)(H,24,29). The summed E-state index contributed by atoms with van der Waals surface area (Å²) in [6, 6.07) is 11.1. The molecule has 0 saturated carbocycles. The maximum atomic E-state index is 12.9. The molecule has 9 nitrogen and oxygen atoms in total. The quantitative estimate of drug-likeness (QED) is 0.568. The number of rotatable bonds is 7. The Hall–Kier alpha value is -3.88. The highest BCUT2D eigenvalue weighted by Gasteiger charge is 2.27. The smallest absolute Gasteiger partial charge is 0.287 e. The molecule has 1 atom stereocenters. The minimum absolute atomic E-state index is 0.133. The first-order chi connectivity index (χ1) is 13.8. The first kappa shape index (κ1) is 19.9. The molecule has 1 unspecified atom stereocenters. The summed E-state index contributed by atoms with van der Waals surface area (Å²) in [6.07, 6.45) is 1.69. The number of carbonyl (C=O) groups excluding carboxylic acids is 3. The molecule has 0 aliphatic rings. The molecule has 0 saturated heterocycles. The summed E-state index contributed by atoms with van der Waals surface area (Å²) < 4.78 is 1.37. The van der Waals surface area contributed by atoms with E-state index in [1.165, 1.54) is 4.68 Å². The molecule has 0 aliphatic carbocycles. The van der Waals surface area contributed by atoms with Crippen LogP contribution in [0.15, 0.2) is 48.7 Å². The van der Waals surface area contributed by atoms with Gasteiger partial charge < -0.3 is 11.1 Å². The van der Waals surface area contributed by atoms with E-state index in [-0.39, 0.29) is 12.1 Å². The van der Waals surface area contributed by atoms with Gasteiger partial charge in [-0.3, -0.25) is 14.4 Å². The zero-order valence-corrected chi connectivity index (χ0v) is 16.0. The number of hydrogen-bond donors (Lipinski definition) is 2. The maximum Gasteiger partial charge on any atom is 0.287 e. The Kier molecular flexibility index (Phi) is 5.77. The molecule has 0 radical (unpaired) electrons. The van der Waals surface area contributed by atoms with E-state index in [4.69, 9.17) is 5.73 Å². The number of primary amides is 1. The minimum Gasteiger partial charge on any atom is -0.363 e. The van der Waals surface area contributed by atoms with Gasteiger partial charge in [0.1, 0.15) is 17.6 Å². The first-order valence-electron chi connectivity index (χ1n) is 8.90. The third-order valence-electron chi connectivity index (χ3n) is 4.19. The van der Waals surface area contributed by atoms with Crippen molar-refractivity contribution in [1.29, 1.82) is 0 Å². The third-order valence-corrected chi connectivity index (χ3v) is 4.19. The predicted molar refractivity (Wildman–Crippen MR) is 104 cm³/mol. The van der Waals surface area contributed by atoms with Crippen LogP contribution in [0.2, 0.25) is 0 Å². The van der Waals surface area contributed by atoms with E-state index in [9.17, 15) is 14.4 Å². The second-order valence-electron chi connectivity index (χ2n) is 6.49. The number of Topliss-reactive ketones (excluding diaryl/α,β-unsaturated/α-hetero) is 1. The van der Waals surface area contributed by atoms with E-state index in [0.717, 1.165) is 5.56 Å². The number of nitrogens with one attached hydrogen (secondary N) is 1. The summed E-state index contributed by atoms with van der Waals surface area (Å²) in [6.45, 7) is 3.46. The molecule has 0 spiro atoms. The van der Waals surface area contributed by atoms with Gasteiger partial charge in [-0.15, -0.1) is 0 Å². The highest BCUT2D eigenvalue weighted by Crippen LogP contribution is 2.12. The van der Waals surface area contributed by atoms with Gasteiger partial charge in [-0.25, -0.2) is 14.6 Å². The molecule has 2 aromatic heterocycles. The minimum atomic E-state index is -1.11. The Morgan fingerprint density at radius 3 is 2.52 bits per heavy atom. The highest BCUT2D eigenvalue weighted by atomic mass is 16.2. The lowest BCUT2D eigenvalue weighted by Gasteiger charge is -2.16. The summed E-state index contributed by atoms with van der Waals surface area (Å²) >= 11 is 0. The van der Waals surface area contributed by atoms with Gasteiger partial charge in [-0.05, 0) is 25.5 Å². The Labute approximate surface area is 167 Å². The van der Waals surface area contributed by atoms with Crippen LogP contribution in [0.5, 0.6) is 0 Å². The Morgan fingerprint density at radius 2 is 1.86 bits per heavy atom. The van der Waals surface area contributed by atoms with E-state index < -0.39 is 23.6 Å². The molecule has 0 aliphatic heterocycles. The van der Waals surface area contributed by atoms with Crippen LogP contribution >= 0.6 is 0 Å². The Bertz CT molecular complexity index is 1060. The molecule has 2 heterocycles. The fourth-order valence-electron chi connectivity index (χ4n) is 2.86. The van der Waals surface area contributed by atoms with Crippen molar-refractivity contribution >= 4 is 17.6 Å². The Morgan fingerprint density at radius 1 is 1.14 bits per heavy atom. The largest absolute Gasteiger partial charge is 0.363 e. The van der Waals surface area contributed by atoms with E-state index in [1.54, 1.807) is 56.4 Å². The average molecular weight is 392 g/mol. The molecule has 3 N–H and O–H groups in total. The number of hydrogen-bond acceptors (Lipinski definition) is 6. The predicted octanol–water partition coefficient (Wildman–Crippen LogP) is 0.675. The van der Waals surface area contributed by atoms with Crippen LogP contribution in [0, 0.1) is 13.8 Å². The number of benzene rings is 1. The fourth-order valence-corrected chi connectivity index (χ4v) is 2.86. The van der Waals surface area contributed by atoms with Crippen LogP contribution < -0.4 is 11.1 Å². The molecule has 29 heavy (non-hydrogen) atoms. The second kappa shape index (κ2) is 8.42. The molecule has 3 aromatic rings. The van der Waals surface area contributed by atoms with Crippen LogP contribution in [0.3, 0.4) is 0 Å². The normalized spacial score (nSPS) is 11.7. The molecule has 2 amide bonds. The van der Waals surface area contributed by atoms with E-state index in [2.05, 4.69) is 20.4 Å². The fraction of sp³-hybridized carbons (Fsp3) is 0.200. The zero-order chi connectivity index (χ0) is 21.0. The lowest BCUT2D eigenvalue weighted by atomic mass is 10.0. The summed E-state index contributed by atoms with van der Waals surface area (Å²) in [5.41, 5.74) is 6.72. The molecule has 0 fully saturated rings. The van der Waals surface area contributed by atoms with Gasteiger partial charge in [0.2, 0.25) is 5.78 Å². The molecule has 0 bridgehead atoms. The van der Waals surface area contributed by atoms with E-state index >= 15 is 0 Å². The number of aromatic nitrogens is 4. The number of ketones is 1. The number of carbonyl (C=O) groups is 3. The summed E-state index contributed by atoms with van der Waals surface area (Å²) in [5, 5.41) is 6.91. The molecule has 3 rings (SSSR count). The molecule has 1 aromatic carbocycles. The number of aryl methyl sites for hydroxylation is 2. The van der Waals surface area contributed by atoms with Crippen molar-refractivity contribution in [3.05, 3.63) is 71.4 Å². The SMILES string of the molecule is Cc1cc(C(=O)NC(Cc2ccccc2)C(=O)C(N)=O)n(-c2ccnc(C)n2)n1. The summed E-state index contributed by atoms with van der Waals surface area (Å²) in [4.78, 5) is 45.0. The molecule has 148 valence electrons. The van der Waals surface area contributed by atoms with Crippen LogP contribution in [0.1, 0.15) is 27.6 Å². The van der Waals surface area contributed by atoms with Crippen LogP contribution in [0.4, 0.5) is 0 Å². The lowest BCUT2D eigenvalue weighted by molar-refractivity contribution is -0.137. The monoisotopic (exact) mass is 392 g/mol. The van der Waals surface area contributed by atoms with Crippen molar-refractivity contribution in [2.24, 2.45) is 5.73 Å². The number of nitrogens with two attached hydrogens (primary N) is 1. The lowest BCUT2D eigenvalue weighted by Crippen LogP contribution is -2.47. The van der Waals surface area contributed by atoms with Crippen molar-refractivity contribution in [3.63, 3.8) is 0 Å². The van der Waals surface area contributed by atoms with Crippen molar-refractivity contribution < 1.29 is 14.4 Å². The van der Waals surface area contributed by atoms with Gasteiger partial charge in [0.05, 0.1) is 5.69 Å². The average Bonchev–Trinajstić information content (AvgIpc) is 3.09. The Balaban J connectivity index is 1.90. The van der Waals surface area contributed by atoms with E-state index in [1.807, 2.05) is 6.07 Å². The van der Waals surface area contributed by atoms with Gasteiger partial charge in [-0.2, -0.15) is 5.10 Å². The van der Waals surface area contributed by atoms with Crippen molar-refractivity contribution in [2.75, 3.05) is 0 Å². The summed E-state index contributed by atoms with van der Waals surface area (Å²) in [7, 11) is 0. The van der Waals surface area contributed by atoms with Gasteiger partial charge in [0.15, 0.2) is 5.82 Å². The first-order valence-corrected chi connectivity index (χ1v) is 8.90. The zero-order valence-electron chi connectivity index (χ0n) is 16.0. The maximum absolute atomic E-state index is 12.9. The number of amides is 2. The van der Waals surface area contributed by atoms with Crippen molar-refractivity contribution in [3.8, 4) is 5.82 Å². The van der Waals surface area contributed by atoms with Gasteiger partial charge in [-0.1, -0.05) is 30.3 Å². The van der Waals surface area contributed by atoms with Crippen LogP contribution in [-0.2, 0) is 16.0 Å². The van der Waals surface area contributed by atoms with Crippen molar-refractivity contribution in [1.82, 2.24) is 25.1 Å². The van der Waals surface area contributed by atoms with Gasteiger partial charge in [0.25, 0.3) is 11.8 Å². The molecular weight excluding hydrogens is 372 g/mol. The second-order valence-corrected chi connectivity index (χ2v) is 6.49. The summed E-state index contributed by atoms with van der Waals surface area (Å²) in [5.74, 6) is -1.62. The number of nitrogens with zero attached hydrogens (tertiary/aromatic N) is 4. The molecule has 9 heteroatoms. The van der Waals surface area contributed by atoms with Crippen LogP contribution in [-0.4, -0.2) is 43.4 Å². The third kappa shape index (κ3) is 4.70. The van der Waals surface area contributed by atoms with Crippen molar-refractivity contribution in [2.45, 2.75) is 26.3 Å². The van der Waals surface area contributed by atoms with Gasteiger partial charge >= 0.3 is 0 Å². The molecular formula is C20H20N6O3. The highest BCUT2D eigenvalue weighted by molar-refractivity contribution is 6.38. The van der Waals surface area contributed by atoms with Crippen LogP contribution in [0.25, 0.3) is 5.82 Å². The van der Waals surface area contributed by atoms with Gasteiger partial charge in [0, 0.05) is 18.7 Å².